The second-order valence-corrected chi connectivity index (χ2v) is 28.9. The van der Waals surface area contributed by atoms with Gasteiger partial charge in [0, 0.05) is 25.7 Å². The summed E-state index contributed by atoms with van der Waals surface area (Å²) in [6.45, 7) is 4.69. The van der Waals surface area contributed by atoms with Crippen LogP contribution < -0.4 is 0 Å². The zero-order valence-electron chi connectivity index (χ0n) is 62.8. The van der Waals surface area contributed by atoms with Crippen LogP contribution in [0.4, 0.5) is 0 Å². The fourth-order valence-corrected chi connectivity index (χ4v) is 11.7. The van der Waals surface area contributed by atoms with Crippen LogP contribution in [0.1, 0.15) is 323 Å². The number of aliphatic hydroxyl groups excluding tert-OH is 1. The predicted octanol–water partition coefficient (Wildman–Crippen LogP) is 22.6. The van der Waals surface area contributed by atoms with E-state index in [9.17, 15) is 43.2 Å². The molecular formula is C81H140O17P2. The van der Waals surface area contributed by atoms with Crippen molar-refractivity contribution in [2.45, 2.75) is 341 Å². The van der Waals surface area contributed by atoms with Crippen molar-refractivity contribution in [2.24, 2.45) is 0 Å². The third kappa shape index (κ3) is 72.1. The van der Waals surface area contributed by atoms with Crippen molar-refractivity contribution >= 4 is 39.5 Å². The molecule has 0 rings (SSSR count). The lowest BCUT2D eigenvalue weighted by Crippen LogP contribution is -2.30. The number of hydrogen-bond acceptors (Lipinski definition) is 15. The van der Waals surface area contributed by atoms with Gasteiger partial charge in [-0.2, -0.15) is 0 Å². The number of carbonyl (C=O) groups excluding carboxylic acids is 4. The summed E-state index contributed by atoms with van der Waals surface area (Å²) in [6.07, 6.45) is 77.9. The molecule has 0 amide bonds. The van der Waals surface area contributed by atoms with Crippen molar-refractivity contribution < 1.29 is 80.2 Å². The molecule has 3 N–H and O–H groups in total. The lowest BCUT2D eigenvalue weighted by Gasteiger charge is -2.21. The van der Waals surface area contributed by atoms with E-state index >= 15 is 0 Å². The molecule has 0 aromatic carbocycles. The highest BCUT2D eigenvalue weighted by atomic mass is 31.2. The van der Waals surface area contributed by atoms with Crippen molar-refractivity contribution in [1.82, 2.24) is 0 Å². The Bertz CT molecular complexity index is 2320. The van der Waals surface area contributed by atoms with E-state index in [0.717, 1.165) is 148 Å². The number of phosphoric ester groups is 2. The van der Waals surface area contributed by atoms with Gasteiger partial charge in [0.1, 0.15) is 19.3 Å². The molecule has 5 atom stereocenters. The van der Waals surface area contributed by atoms with E-state index < -0.39 is 97.5 Å². The molecule has 0 heterocycles. The molecule has 2 unspecified atom stereocenters. The van der Waals surface area contributed by atoms with Gasteiger partial charge in [-0.3, -0.25) is 37.3 Å². The number of hydrogen-bond donors (Lipinski definition) is 3. The monoisotopic (exact) mass is 1450 g/mol. The Hall–Kier alpha value is -4.28. The molecule has 0 spiro atoms. The van der Waals surface area contributed by atoms with Gasteiger partial charge in [0.25, 0.3) is 0 Å². The number of rotatable bonds is 73. The quantitative estimate of drug-likeness (QED) is 0.0128. The highest BCUT2D eigenvalue weighted by Crippen LogP contribution is 2.45. The van der Waals surface area contributed by atoms with Crippen LogP contribution in [0, 0.1) is 0 Å². The topological polar surface area (TPSA) is 237 Å². The number of esters is 4. The Kier molecular flexibility index (Phi) is 69.9. The summed E-state index contributed by atoms with van der Waals surface area (Å²) in [5, 5.41) is 10.6. The SMILES string of the molecule is CCCCC/C=C\C/C=C\C/C=C\C/C=C\CCCC(=O)OC[C@H](COP(=O)(O)OC[C@H](O)COP(=O)(O)OC[C@@H](COC(=O)CCCCCCC/C=C\C/C=C\CCCCC)OC(=O)CCCCCCC/C=C\C=C/CCCCCC)OC(=O)CCCCCCC/C=C\CCCCCC. The maximum absolute atomic E-state index is 13.1. The molecule has 17 nitrogen and oxygen atoms in total. The van der Waals surface area contributed by atoms with E-state index in [1.165, 1.54) is 89.9 Å². The van der Waals surface area contributed by atoms with Gasteiger partial charge in [0.15, 0.2) is 12.2 Å². The number of allylic oxidation sites excluding steroid dienone is 18. The minimum Gasteiger partial charge on any atom is -0.462 e. The van der Waals surface area contributed by atoms with Crippen molar-refractivity contribution in [3.05, 3.63) is 109 Å². The number of unbranched alkanes of at least 4 members (excludes halogenated alkanes) is 30. The number of ether oxygens (including phenoxy) is 4. The largest absolute Gasteiger partial charge is 0.472 e. The number of carbonyl (C=O) groups is 4. The van der Waals surface area contributed by atoms with Gasteiger partial charge in [-0.25, -0.2) is 9.13 Å². The summed E-state index contributed by atoms with van der Waals surface area (Å²) < 4.78 is 68.4. The fourth-order valence-electron chi connectivity index (χ4n) is 10.2. The Labute approximate surface area is 607 Å². The highest BCUT2D eigenvalue weighted by Gasteiger charge is 2.30. The van der Waals surface area contributed by atoms with Crippen LogP contribution in [0.2, 0.25) is 0 Å². The highest BCUT2D eigenvalue weighted by molar-refractivity contribution is 7.47. The van der Waals surface area contributed by atoms with Gasteiger partial charge in [-0.05, 0) is 148 Å². The van der Waals surface area contributed by atoms with E-state index in [-0.39, 0.29) is 25.7 Å². The molecule has 0 saturated heterocycles. The lowest BCUT2D eigenvalue weighted by molar-refractivity contribution is -0.161. The third-order valence-corrected chi connectivity index (χ3v) is 18.1. The lowest BCUT2D eigenvalue weighted by atomic mass is 10.1. The summed E-state index contributed by atoms with van der Waals surface area (Å²) in [7, 11) is -9.98. The van der Waals surface area contributed by atoms with Crippen molar-refractivity contribution in [3.63, 3.8) is 0 Å². The molecular weight excluding hydrogens is 1310 g/mol. The second kappa shape index (κ2) is 73.0. The maximum Gasteiger partial charge on any atom is 0.472 e. The van der Waals surface area contributed by atoms with E-state index in [2.05, 4.69) is 125 Å². The van der Waals surface area contributed by atoms with Crippen molar-refractivity contribution in [3.8, 4) is 0 Å². The van der Waals surface area contributed by atoms with Crippen LogP contribution >= 0.6 is 15.6 Å². The fraction of sp³-hybridized carbons (Fsp3) is 0.728. The Morgan fingerprint density at radius 2 is 0.530 bits per heavy atom. The van der Waals surface area contributed by atoms with E-state index in [1.807, 2.05) is 12.2 Å². The molecule has 0 aromatic heterocycles. The van der Waals surface area contributed by atoms with Crippen LogP contribution in [0.25, 0.3) is 0 Å². The van der Waals surface area contributed by atoms with Crippen molar-refractivity contribution in [2.75, 3.05) is 39.6 Å². The standard InChI is InChI=1S/C81H140O17P2/c1-5-9-13-17-21-25-29-33-36-37-40-43-46-50-54-58-62-66-79(84)92-71-76(97-80(85)67-63-59-55-51-47-41-32-28-24-20-16-12-8-4)73-95-99(87,88)93-69-75(82)70-94-100(89,90)96-74-77(98-81(86)68-64-60-56-52-48-44-39-35-31-27-23-19-15-11-7-3)72-91-78(83)65-61-57-53-49-45-42-38-34-30-26-22-18-14-10-6-2/h21-22,25-28,31-36,38-40,43,50,54,75-77,82H,5-20,23-24,29-30,37,41-42,44-49,51-53,55-74H2,1-4H3,(H,87,88)(H,89,90)/b25-21-,26-22-,31-27-,32-28-,36-33-,38-34-,39-35-,43-40-,54-50-/t75-,76+,77+/m0/s1. The molecule has 0 saturated carbocycles. The second-order valence-electron chi connectivity index (χ2n) is 26.0. The number of aliphatic hydroxyl groups is 1. The first-order valence-corrected chi connectivity index (χ1v) is 42.1. The molecule has 576 valence electrons. The van der Waals surface area contributed by atoms with Gasteiger partial charge < -0.3 is 33.8 Å². The minimum atomic E-state index is -4.99. The summed E-state index contributed by atoms with van der Waals surface area (Å²) in [4.78, 5) is 72.9. The predicted molar refractivity (Wildman–Crippen MR) is 408 cm³/mol. The van der Waals surface area contributed by atoms with Gasteiger partial charge in [-0.1, -0.05) is 259 Å². The van der Waals surface area contributed by atoms with E-state index in [1.54, 1.807) is 0 Å². The van der Waals surface area contributed by atoms with Gasteiger partial charge in [0.05, 0.1) is 26.4 Å². The van der Waals surface area contributed by atoms with Crippen LogP contribution in [0.15, 0.2) is 109 Å². The first-order valence-electron chi connectivity index (χ1n) is 39.1. The van der Waals surface area contributed by atoms with Crippen LogP contribution in [-0.4, -0.2) is 96.7 Å². The Morgan fingerprint density at radius 3 is 0.880 bits per heavy atom. The zero-order valence-corrected chi connectivity index (χ0v) is 64.6. The van der Waals surface area contributed by atoms with Gasteiger partial charge in [0.2, 0.25) is 0 Å². The van der Waals surface area contributed by atoms with Crippen molar-refractivity contribution in [1.29, 1.82) is 0 Å². The summed E-state index contributed by atoms with van der Waals surface area (Å²) in [5.74, 6) is -2.27. The molecule has 0 bridgehead atoms. The number of phosphoric acid groups is 2. The van der Waals surface area contributed by atoms with Gasteiger partial charge in [-0.15, -0.1) is 0 Å². The molecule has 0 aliphatic rings. The summed E-state index contributed by atoms with van der Waals surface area (Å²) in [6, 6.07) is 0. The third-order valence-electron chi connectivity index (χ3n) is 16.2. The molecule has 0 aliphatic carbocycles. The van der Waals surface area contributed by atoms with E-state index in [0.29, 0.717) is 32.1 Å². The van der Waals surface area contributed by atoms with E-state index in [4.69, 9.17) is 37.0 Å². The van der Waals surface area contributed by atoms with Gasteiger partial charge >= 0.3 is 39.5 Å². The summed E-state index contributed by atoms with van der Waals surface area (Å²) in [5.41, 5.74) is 0. The average Bonchev–Trinajstić information content (AvgIpc) is 0.965. The smallest absolute Gasteiger partial charge is 0.462 e. The van der Waals surface area contributed by atoms with Crippen LogP contribution in [0.3, 0.4) is 0 Å². The first kappa shape index (κ1) is 95.7. The summed E-state index contributed by atoms with van der Waals surface area (Å²) >= 11 is 0. The zero-order chi connectivity index (χ0) is 73.2. The first-order chi connectivity index (χ1) is 48.7. The van der Waals surface area contributed by atoms with Crippen LogP contribution in [0.5, 0.6) is 0 Å². The van der Waals surface area contributed by atoms with Crippen LogP contribution in [-0.2, 0) is 65.4 Å². The normalized spacial score (nSPS) is 14.5. The molecule has 0 radical (unpaired) electrons. The molecule has 0 fully saturated rings. The molecule has 19 heteroatoms. The molecule has 0 aromatic rings. The Morgan fingerprint density at radius 1 is 0.290 bits per heavy atom. The minimum absolute atomic E-state index is 0.0719. The average molecular weight is 1450 g/mol. The Balaban J connectivity index is 5.42. The maximum atomic E-state index is 13.1. The molecule has 0 aliphatic heterocycles. The molecule has 100 heavy (non-hydrogen) atoms.